The highest BCUT2D eigenvalue weighted by Crippen LogP contribution is 2.24. The zero-order valence-electron chi connectivity index (χ0n) is 15.7. The molecule has 0 saturated heterocycles. The lowest BCUT2D eigenvalue weighted by molar-refractivity contribution is 0.0601. The molecule has 0 radical (unpaired) electrons. The van der Waals surface area contributed by atoms with Crippen LogP contribution in [0.1, 0.15) is 44.0 Å². The summed E-state index contributed by atoms with van der Waals surface area (Å²) in [5.74, 6) is -0.330. The molecule has 1 unspecified atom stereocenters. The summed E-state index contributed by atoms with van der Waals surface area (Å²) in [4.78, 5) is 18.6. The van der Waals surface area contributed by atoms with Crippen molar-refractivity contribution in [1.29, 1.82) is 0 Å². The summed E-state index contributed by atoms with van der Waals surface area (Å²) >= 11 is 0. The Morgan fingerprint density at radius 2 is 2.04 bits per heavy atom. The standard InChI is InChI=1S/C20H29N3O2/c1-5-23(6-2)13-7-8-15(3)22-19-11-12-21-18-10-9-16(14-17(18)19)20(24)25-4/h9-12,14-15H,5-8,13H2,1-4H3,(H,21,22). The maximum atomic E-state index is 11.8. The van der Waals surface area contributed by atoms with Gasteiger partial charge in [-0.2, -0.15) is 0 Å². The van der Waals surface area contributed by atoms with Crippen molar-refractivity contribution < 1.29 is 9.53 Å². The summed E-state index contributed by atoms with van der Waals surface area (Å²) in [5, 5.41) is 4.51. The summed E-state index contributed by atoms with van der Waals surface area (Å²) in [6, 6.07) is 7.77. The first kappa shape index (κ1) is 19.2. The minimum atomic E-state index is -0.330. The van der Waals surface area contributed by atoms with Crippen LogP contribution in [-0.2, 0) is 4.74 Å². The van der Waals surface area contributed by atoms with Gasteiger partial charge in [0.2, 0.25) is 0 Å². The Morgan fingerprint density at radius 3 is 2.72 bits per heavy atom. The van der Waals surface area contributed by atoms with Gasteiger partial charge in [-0.25, -0.2) is 4.79 Å². The second-order valence-electron chi connectivity index (χ2n) is 6.30. The second kappa shape index (κ2) is 9.37. The van der Waals surface area contributed by atoms with Crippen molar-refractivity contribution in [2.24, 2.45) is 0 Å². The zero-order chi connectivity index (χ0) is 18.2. The second-order valence-corrected chi connectivity index (χ2v) is 6.30. The maximum absolute atomic E-state index is 11.8. The van der Waals surface area contributed by atoms with Gasteiger partial charge < -0.3 is 15.0 Å². The van der Waals surface area contributed by atoms with Crippen LogP contribution in [0.2, 0.25) is 0 Å². The number of fused-ring (bicyclic) bond motifs is 1. The van der Waals surface area contributed by atoms with Crippen LogP contribution >= 0.6 is 0 Å². The predicted molar refractivity (Wildman–Crippen MR) is 103 cm³/mol. The summed E-state index contributed by atoms with van der Waals surface area (Å²) in [6.45, 7) is 9.93. The molecule has 1 aromatic carbocycles. The van der Waals surface area contributed by atoms with Gasteiger partial charge in [0.1, 0.15) is 0 Å². The van der Waals surface area contributed by atoms with E-state index in [1.165, 1.54) is 7.11 Å². The van der Waals surface area contributed by atoms with Crippen LogP contribution in [0.4, 0.5) is 5.69 Å². The molecular formula is C20H29N3O2. The molecule has 1 N–H and O–H groups in total. The molecule has 5 nitrogen and oxygen atoms in total. The topological polar surface area (TPSA) is 54.5 Å². The molecule has 0 fully saturated rings. The monoisotopic (exact) mass is 343 g/mol. The highest BCUT2D eigenvalue weighted by atomic mass is 16.5. The fourth-order valence-corrected chi connectivity index (χ4v) is 3.02. The smallest absolute Gasteiger partial charge is 0.337 e. The highest BCUT2D eigenvalue weighted by molar-refractivity contribution is 5.98. The number of rotatable bonds is 9. The summed E-state index contributed by atoms with van der Waals surface area (Å²) in [7, 11) is 1.40. The Hall–Kier alpha value is -2.14. The third kappa shape index (κ3) is 5.16. The van der Waals surface area contributed by atoms with Crippen molar-refractivity contribution in [2.45, 2.75) is 39.7 Å². The molecule has 0 aliphatic carbocycles. The molecule has 2 rings (SSSR count). The molecular weight excluding hydrogens is 314 g/mol. The van der Waals surface area contributed by atoms with Gasteiger partial charge in [-0.3, -0.25) is 4.98 Å². The van der Waals surface area contributed by atoms with Crippen LogP contribution < -0.4 is 5.32 Å². The van der Waals surface area contributed by atoms with Gasteiger partial charge >= 0.3 is 5.97 Å². The predicted octanol–water partition coefficient (Wildman–Crippen LogP) is 3.94. The van der Waals surface area contributed by atoms with E-state index in [1.54, 1.807) is 12.3 Å². The number of ether oxygens (including phenoxy) is 1. The summed E-state index contributed by atoms with van der Waals surface area (Å²) < 4.78 is 4.82. The van der Waals surface area contributed by atoms with Gasteiger partial charge in [-0.05, 0) is 63.7 Å². The van der Waals surface area contributed by atoms with E-state index in [9.17, 15) is 4.79 Å². The summed E-state index contributed by atoms with van der Waals surface area (Å²) in [6.07, 6.45) is 4.05. The van der Waals surface area contributed by atoms with Crippen molar-refractivity contribution in [3.8, 4) is 0 Å². The Labute approximate surface area is 150 Å². The summed E-state index contributed by atoms with van der Waals surface area (Å²) in [5.41, 5.74) is 2.42. The van der Waals surface area contributed by atoms with E-state index in [4.69, 9.17) is 4.74 Å². The molecule has 25 heavy (non-hydrogen) atoms. The molecule has 0 saturated carbocycles. The number of anilines is 1. The van der Waals surface area contributed by atoms with E-state index in [0.29, 0.717) is 11.6 Å². The SMILES string of the molecule is CCN(CC)CCCC(C)Nc1ccnc2ccc(C(=O)OC)cc12. The van der Waals surface area contributed by atoms with Crippen molar-refractivity contribution in [2.75, 3.05) is 32.1 Å². The number of hydrogen-bond donors (Lipinski definition) is 1. The Morgan fingerprint density at radius 1 is 1.28 bits per heavy atom. The number of hydrogen-bond acceptors (Lipinski definition) is 5. The van der Waals surface area contributed by atoms with E-state index in [-0.39, 0.29) is 5.97 Å². The largest absolute Gasteiger partial charge is 0.465 e. The molecule has 0 aliphatic rings. The normalized spacial score (nSPS) is 12.4. The number of esters is 1. The van der Waals surface area contributed by atoms with Gasteiger partial charge in [0.15, 0.2) is 0 Å². The van der Waals surface area contributed by atoms with E-state index in [2.05, 4.69) is 36.0 Å². The van der Waals surface area contributed by atoms with Crippen LogP contribution in [0.25, 0.3) is 10.9 Å². The van der Waals surface area contributed by atoms with E-state index in [1.807, 2.05) is 18.2 Å². The first-order chi connectivity index (χ1) is 12.1. The van der Waals surface area contributed by atoms with Gasteiger partial charge in [0.25, 0.3) is 0 Å². The molecule has 0 amide bonds. The first-order valence-corrected chi connectivity index (χ1v) is 9.05. The Kier molecular flexibility index (Phi) is 7.19. The van der Waals surface area contributed by atoms with Crippen molar-refractivity contribution >= 4 is 22.6 Å². The van der Waals surface area contributed by atoms with E-state index in [0.717, 1.165) is 49.1 Å². The van der Waals surface area contributed by atoms with Crippen LogP contribution in [0.5, 0.6) is 0 Å². The molecule has 1 aromatic heterocycles. The number of nitrogens with zero attached hydrogens (tertiary/aromatic N) is 2. The Bertz CT molecular complexity index is 698. The maximum Gasteiger partial charge on any atom is 0.337 e. The van der Waals surface area contributed by atoms with Crippen LogP contribution in [0.15, 0.2) is 30.5 Å². The number of nitrogens with one attached hydrogen (secondary N) is 1. The number of pyridine rings is 1. The van der Waals surface area contributed by atoms with E-state index < -0.39 is 0 Å². The number of methoxy groups -OCH3 is 1. The quantitative estimate of drug-likeness (QED) is 0.699. The van der Waals surface area contributed by atoms with Crippen molar-refractivity contribution in [3.05, 3.63) is 36.0 Å². The molecule has 5 heteroatoms. The molecule has 0 spiro atoms. The molecule has 1 atom stereocenters. The molecule has 136 valence electrons. The number of aromatic nitrogens is 1. The highest BCUT2D eigenvalue weighted by Gasteiger charge is 2.11. The van der Waals surface area contributed by atoms with E-state index >= 15 is 0 Å². The van der Waals surface area contributed by atoms with Crippen molar-refractivity contribution in [3.63, 3.8) is 0 Å². The average molecular weight is 343 g/mol. The minimum absolute atomic E-state index is 0.330. The average Bonchev–Trinajstić information content (AvgIpc) is 2.64. The molecule has 2 aromatic rings. The van der Waals surface area contributed by atoms with Gasteiger partial charge in [-0.1, -0.05) is 13.8 Å². The van der Waals surface area contributed by atoms with Crippen molar-refractivity contribution in [1.82, 2.24) is 9.88 Å². The molecule has 0 bridgehead atoms. The van der Waals surface area contributed by atoms with Crippen LogP contribution in [0.3, 0.4) is 0 Å². The number of benzene rings is 1. The van der Waals surface area contributed by atoms with Gasteiger partial charge in [-0.15, -0.1) is 0 Å². The zero-order valence-corrected chi connectivity index (χ0v) is 15.7. The third-order valence-corrected chi connectivity index (χ3v) is 4.57. The van der Waals surface area contributed by atoms with Crippen LogP contribution in [-0.4, -0.2) is 48.6 Å². The number of carbonyl (C=O) groups is 1. The molecule has 1 heterocycles. The third-order valence-electron chi connectivity index (χ3n) is 4.57. The fraction of sp³-hybridized carbons (Fsp3) is 0.500. The lowest BCUT2D eigenvalue weighted by atomic mass is 10.1. The van der Waals surface area contributed by atoms with Gasteiger partial charge in [0, 0.05) is 23.3 Å². The lowest BCUT2D eigenvalue weighted by Crippen LogP contribution is -2.25. The lowest BCUT2D eigenvalue weighted by Gasteiger charge is -2.21. The minimum Gasteiger partial charge on any atom is -0.465 e. The van der Waals surface area contributed by atoms with Crippen LogP contribution in [0, 0.1) is 0 Å². The van der Waals surface area contributed by atoms with Gasteiger partial charge in [0.05, 0.1) is 18.2 Å². The number of carbonyl (C=O) groups excluding carboxylic acids is 1. The first-order valence-electron chi connectivity index (χ1n) is 9.05. The fourth-order valence-electron chi connectivity index (χ4n) is 3.02. The molecule has 0 aliphatic heterocycles. The Balaban J connectivity index is 2.07.